The molecule has 160 valence electrons. The third-order valence-corrected chi connectivity index (χ3v) is 4.04. The molecule has 2 heterocycles. The lowest BCUT2D eigenvalue weighted by Crippen LogP contribution is -2.57. The molecule has 1 aliphatic rings. The number of hydrogen-bond acceptors (Lipinski definition) is 9. The van der Waals surface area contributed by atoms with E-state index in [1.54, 1.807) is 0 Å². The van der Waals surface area contributed by atoms with E-state index in [-0.39, 0.29) is 19.2 Å². The van der Waals surface area contributed by atoms with Gasteiger partial charge in [0.2, 0.25) is 5.95 Å². The van der Waals surface area contributed by atoms with Gasteiger partial charge in [0.25, 0.3) is 0 Å². The van der Waals surface area contributed by atoms with Gasteiger partial charge in [-0.15, -0.1) is 0 Å². The molecule has 0 aliphatic carbocycles. The second-order valence-corrected chi connectivity index (χ2v) is 6.16. The molecule has 4 N–H and O–H groups in total. The van der Waals surface area contributed by atoms with Crippen molar-refractivity contribution in [3.63, 3.8) is 0 Å². The molecule has 0 spiro atoms. The van der Waals surface area contributed by atoms with Crippen molar-refractivity contribution < 1.29 is 37.6 Å². The summed E-state index contributed by atoms with van der Waals surface area (Å²) in [5.74, 6) is -0.317. The van der Waals surface area contributed by atoms with Gasteiger partial charge in [0.1, 0.15) is 24.0 Å². The summed E-state index contributed by atoms with van der Waals surface area (Å²) in [5.41, 5.74) is -1.11. The second-order valence-electron chi connectivity index (χ2n) is 6.16. The predicted octanol–water partition coefficient (Wildman–Crippen LogP) is -0.351. The first-order chi connectivity index (χ1) is 13.3. The topological polar surface area (TPSA) is 118 Å². The zero-order valence-electron chi connectivity index (χ0n) is 15.4. The van der Waals surface area contributed by atoms with Gasteiger partial charge in [0.05, 0.1) is 39.1 Å². The van der Waals surface area contributed by atoms with Crippen LogP contribution >= 0.6 is 0 Å². The van der Waals surface area contributed by atoms with E-state index in [9.17, 15) is 23.4 Å². The van der Waals surface area contributed by atoms with Crippen LogP contribution < -0.4 is 10.6 Å². The summed E-state index contributed by atoms with van der Waals surface area (Å²) in [7, 11) is 1.81. The van der Waals surface area contributed by atoms with Crippen LogP contribution in [-0.2, 0) is 20.4 Å². The summed E-state index contributed by atoms with van der Waals surface area (Å²) in [6.45, 7) is 1.92. The molecule has 2 rings (SSSR count). The standard InChI is InChI=1S/C16H25F3N4O5/c1-20-4-5-26-6-7-27-9-11-14(25)13(24)10(8-28-11)22-15-21-3-2-12(23-15)16(17,18)19/h2-3,10-11,13-14,20,24-25H,4-9H2,1H3,(H,21,22,23)/t10-,11+,13+,14-/m0/s1. The lowest BCUT2D eigenvalue weighted by molar-refractivity contribution is -0.161. The van der Waals surface area contributed by atoms with Gasteiger partial charge < -0.3 is 35.1 Å². The Morgan fingerprint density at radius 3 is 2.68 bits per heavy atom. The Morgan fingerprint density at radius 1 is 1.21 bits per heavy atom. The van der Waals surface area contributed by atoms with Gasteiger partial charge in [-0.05, 0) is 13.1 Å². The number of alkyl halides is 3. The molecular weight excluding hydrogens is 385 g/mol. The molecule has 12 heteroatoms. The Kier molecular flexibility index (Phi) is 8.79. The maximum atomic E-state index is 12.7. The number of aliphatic hydroxyl groups is 2. The fourth-order valence-electron chi connectivity index (χ4n) is 2.50. The van der Waals surface area contributed by atoms with E-state index in [4.69, 9.17) is 14.2 Å². The highest BCUT2D eigenvalue weighted by molar-refractivity contribution is 5.29. The quantitative estimate of drug-likeness (QED) is 0.384. The Morgan fingerprint density at radius 2 is 1.96 bits per heavy atom. The van der Waals surface area contributed by atoms with Gasteiger partial charge in [-0.2, -0.15) is 13.2 Å². The molecule has 1 aromatic rings. The minimum Gasteiger partial charge on any atom is -0.388 e. The normalized spacial score (nSPS) is 25.6. The maximum absolute atomic E-state index is 12.7. The minimum absolute atomic E-state index is 0.0421. The molecule has 28 heavy (non-hydrogen) atoms. The molecule has 0 aromatic carbocycles. The number of anilines is 1. The van der Waals surface area contributed by atoms with Crippen LogP contribution in [-0.4, -0.2) is 91.2 Å². The summed E-state index contributed by atoms with van der Waals surface area (Å²) in [6, 6.07) is -0.136. The van der Waals surface area contributed by atoms with Crippen LogP contribution in [0.5, 0.6) is 0 Å². The molecule has 4 atom stereocenters. The molecule has 9 nitrogen and oxygen atoms in total. The highest BCUT2D eigenvalue weighted by atomic mass is 19.4. The first-order valence-corrected chi connectivity index (χ1v) is 8.77. The van der Waals surface area contributed by atoms with Gasteiger partial charge >= 0.3 is 6.18 Å². The molecule has 0 bridgehead atoms. The first kappa shape index (κ1) is 22.7. The average molecular weight is 410 g/mol. The van der Waals surface area contributed by atoms with Crippen LogP contribution in [0, 0.1) is 0 Å². The monoisotopic (exact) mass is 410 g/mol. The van der Waals surface area contributed by atoms with Crippen molar-refractivity contribution >= 4 is 5.95 Å². The maximum Gasteiger partial charge on any atom is 0.433 e. The number of aliphatic hydroxyl groups excluding tert-OH is 2. The molecule has 1 aromatic heterocycles. The fraction of sp³-hybridized carbons (Fsp3) is 0.750. The van der Waals surface area contributed by atoms with E-state index in [0.717, 1.165) is 18.8 Å². The molecule has 1 saturated heterocycles. The molecule has 0 amide bonds. The number of rotatable bonds is 10. The minimum atomic E-state index is -4.61. The van der Waals surface area contributed by atoms with Crippen LogP contribution in [0.2, 0.25) is 0 Å². The van der Waals surface area contributed by atoms with Gasteiger partial charge in [0, 0.05) is 12.7 Å². The average Bonchev–Trinajstić information content (AvgIpc) is 2.66. The van der Waals surface area contributed by atoms with Gasteiger partial charge in [-0.1, -0.05) is 0 Å². The van der Waals surface area contributed by atoms with Crippen molar-refractivity contribution in [1.29, 1.82) is 0 Å². The predicted molar refractivity (Wildman–Crippen MR) is 91.8 cm³/mol. The van der Waals surface area contributed by atoms with Crippen LogP contribution in [0.4, 0.5) is 19.1 Å². The number of likely N-dealkylation sites (N-methyl/N-ethyl adjacent to an activating group) is 1. The summed E-state index contributed by atoms with van der Waals surface area (Å²) in [4.78, 5) is 7.07. The summed E-state index contributed by atoms with van der Waals surface area (Å²) in [6.07, 6.45) is -7.01. The molecule has 1 aliphatic heterocycles. The Hall–Kier alpha value is -1.57. The zero-order chi connectivity index (χ0) is 20.6. The van der Waals surface area contributed by atoms with Crippen LogP contribution in [0.15, 0.2) is 12.3 Å². The van der Waals surface area contributed by atoms with Crippen LogP contribution in [0.3, 0.4) is 0 Å². The highest BCUT2D eigenvalue weighted by Crippen LogP contribution is 2.28. The summed E-state index contributed by atoms with van der Waals surface area (Å²) >= 11 is 0. The number of aromatic nitrogens is 2. The Labute approximate surface area is 160 Å². The molecule has 0 saturated carbocycles. The zero-order valence-corrected chi connectivity index (χ0v) is 15.4. The number of halogens is 3. The lowest BCUT2D eigenvalue weighted by Gasteiger charge is -2.37. The number of nitrogens with zero attached hydrogens (tertiary/aromatic N) is 2. The highest BCUT2D eigenvalue weighted by Gasteiger charge is 2.39. The number of ether oxygens (including phenoxy) is 3. The number of nitrogens with one attached hydrogen (secondary N) is 2. The van der Waals surface area contributed by atoms with Crippen molar-refractivity contribution in [3.8, 4) is 0 Å². The van der Waals surface area contributed by atoms with Gasteiger partial charge in [0.15, 0.2) is 0 Å². The third-order valence-electron chi connectivity index (χ3n) is 4.04. The van der Waals surface area contributed by atoms with E-state index < -0.39 is 36.2 Å². The van der Waals surface area contributed by atoms with E-state index >= 15 is 0 Å². The van der Waals surface area contributed by atoms with E-state index in [2.05, 4.69) is 20.6 Å². The molecule has 1 fully saturated rings. The summed E-state index contributed by atoms with van der Waals surface area (Å²) < 4.78 is 54.3. The van der Waals surface area contributed by atoms with Crippen molar-refractivity contribution in [2.24, 2.45) is 0 Å². The fourth-order valence-corrected chi connectivity index (χ4v) is 2.50. The van der Waals surface area contributed by atoms with Gasteiger partial charge in [-0.25, -0.2) is 9.97 Å². The van der Waals surface area contributed by atoms with Crippen molar-refractivity contribution in [2.75, 3.05) is 51.9 Å². The van der Waals surface area contributed by atoms with E-state index in [0.29, 0.717) is 19.8 Å². The van der Waals surface area contributed by atoms with E-state index in [1.165, 1.54) is 0 Å². The molecule has 0 radical (unpaired) electrons. The SMILES string of the molecule is CNCCOCCOC[C@H]1OC[C@H](Nc2nccc(C(F)(F)F)n2)[C@@H](O)[C@H]1O. The first-order valence-electron chi connectivity index (χ1n) is 8.77. The summed E-state index contributed by atoms with van der Waals surface area (Å²) in [5, 5.41) is 25.9. The molecule has 0 unspecified atom stereocenters. The molecular formula is C16H25F3N4O5. The number of hydrogen-bond donors (Lipinski definition) is 4. The van der Waals surface area contributed by atoms with Crippen LogP contribution in [0.1, 0.15) is 5.69 Å². The third kappa shape index (κ3) is 6.79. The second kappa shape index (κ2) is 10.8. The van der Waals surface area contributed by atoms with Crippen molar-refractivity contribution in [2.45, 2.75) is 30.5 Å². The van der Waals surface area contributed by atoms with E-state index in [1.807, 2.05) is 7.05 Å². The van der Waals surface area contributed by atoms with Crippen LogP contribution in [0.25, 0.3) is 0 Å². The Balaban J connectivity index is 1.78. The van der Waals surface area contributed by atoms with Gasteiger partial charge in [-0.3, -0.25) is 0 Å². The van der Waals surface area contributed by atoms with Crippen molar-refractivity contribution in [3.05, 3.63) is 18.0 Å². The van der Waals surface area contributed by atoms with Crippen molar-refractivity contribution in [1.82, 2.24) is 15.3 Å². The lowest BCUT2D eigenvalue weighted by atomic mass is 9.98. The smallest absolute Gasteiger partial charge is 0.388 e. The Bertz CT molecular complexity index is 596. The largest absolute Gasteiger partial charge is 0.433 e.